The molecule has 2 aliphatic heterocycles. The Morgan fingerprint density at radius 1 is 1.09 bits per heavy atom. The maximum Gasteiger partial charge on any atom is 0.256 e. The van der Waals surface area contributed by atoms with Gasteiger partial charge in [0.25, 0.3) is 11.8 Å². The van der Waals surface area contributed by atoms with Crippen molar-refractivity contribution >= 4 is 40.8 Å². The summed E-state index contributed by atoms with van der Waals surface area (Å²) in [6, 6.07) is 16.3. The van der Waals surface area contributed by atoms with Crippen LogP contribution in [0.15, 0.2) is 59.0 Å². The lowest BCUT2D eigenvalue weighted by Gasteiger charge is -2.14. The number of furan rings is 1. The van der Waals surface area contributed by atoms with Gasteiger partial charge in [0, 0.05) is 35.5 Å². The summed E-state index contributed by atoms with van der Waals surface area (Å²) < 4.78 is 5.98. The number of anilines is 1. The molecule has 2 amide bonds. The van der Waals surface area contributed by atoms with Gasteiger partial charge in [-0.3, -0.25) is 9.59 Å². The molecule has 0 atom stereocenters. The van der Waals surface area contributed by atoms with Crippen LogP contribution in [-0.2, 0) is 4.79 Å². The number of likely N-dealkylation sites (tertiary alicyclic amines) is 1. The van der Waals surface area contributed by atoms with Gasteiger partial charge < -0.3 is 20.0 Å². The second kappa shape index (κ2) is 9.25. The van der Waals surface area contributed by atoms with Crippen LogP contribution in [0.1, 0.15) is 34.5 Å². The number of carbonyl (C=O) groups is 2. The number of nitrogens with one attached hydrogen (secondary N) is 2. The first-order chi connectivity index (χ1) is 16.1. The van der Waals surface area contributed by atoms with Crippen LogP contribution in [0.5, 0.6) is 0 Å². The predicted molar refractivity (Wildman–Crippen MR) is 130 cm³/mol. The number of carbonyl (C=O) groups excluding carboxylic acids is 2. The van der Waals surface area contributed by atoms with Crippen LogP contribution in [0.3, 0.4) is 0 Å². The van der Waals surface area contributed by atoms with Gasteiger partial charge in [0.15, 0.2) is 0 Å². The lowest BCUT2D eigenvalue weighted by Crippen LogP contribution is -2.33. The first-order valence-corrected chi connectivity index (χ1v) is 11.5. The van der Waals surface area contributed by atoms with Crippen molar-refractivity contribution in [2.75, 3.05) is 31.5 Å². The molecular weight excluding hydrogens is 438 g/mol. The molecule has 1 aromatic heterocycles. The van der Waals surface area contributed by atoms with E-state index in [1.165, 1.54) is 12.8 Å². The van der Waals surface area contributed by atoms with Crippen molar-refractivity contribution in [2.24, 2.45) is 0 Å². The molecule has 3 heterocycles. The van der Waals surface area contributed by atoms with Gasteiger partial charge in [-0.05, 0) is 68.4 Å². The SMILES string of the molecule is O=C1Nc2ccccc2/C1=C\c1ccc(-c2cc(C(=O)NCCN3CCCC3)ccc2Cl)o1. The van der Waals surface area contributed by atoms with Crippen LogP contribution in [0, 0.1) is 0 Å². The van der Waals surface area contributed by atoms with Gasteiger partial charge >= 0.3 is 0 Å². The van der Waals surface area contributed by atoms with Crippen LogP contribution in [0.25, 0.3) is 23.0 Å². The molecule has 0 aliphatic carbocycles. The van der Waals surface area contributed by atoms with Crippen LogP contribution < -0.4 is 10.6 Å². The standard InChI is InChI=1S/C26H24ClN3O3/c27-22-9-7-17(25(31)28-11-14-30-12-3-4-13-30)15-21(22)24-10-8-18(33-24)16-20-19-5-1-2-6-23(19)29-26(20)32/h1-2,5-10,15-16H,3-4,11-14H2,(H,28,31)(H,29,32)/b20-16+. The topological polar surface area (TPSA) is 74.6 Å². The van der Waals surface area contributed by atoms with Crippen molar-refractivity contribution in [3.05, 3.63) is 76.5 Å². The van der Waals surface area contributed by atoms with Crippen molar-refractivity contribution in [1.82, 2.24) is 10.2 Å². The molecule has 0 unspecified atom stereocenters. The Bertz CT molecular complexity index is 1240. The Morgan fingerprint density at radius 3 is 2.76 bits per heavy atom. The number of halogens is 1. The number of amides is 2. The average molecular weight is 462 g/mol. The summed E-state index contributed by atoms with van der Waals surface area (Å²) in [4.78, 5) is 27.4. The van der Waals surface area contributed by atoms with Crippen molar-refractivity contribution < 1.29 is 14.0 Å². The van der Waals surface area contributed by atoms with Crippen LogP contribution in [0.2, 0.25) is 5.02 Å². The molecule has 5 rings (SSSR count). The molecular formula is C26H24ClN3O3. The third kappa shape index (κ3) is 4.58. The van der Waals surface area contributed by atoms with E-state index in [-0.39, 0.29) is 11.8 Å². The van der Waals surface area contributed by atoms with E-state index in [9.17, 15) is 9.59 Å². The third-order valence-electron chi connectivity index (χ3n) is 6.03. The molecule has 168 valence electrons. The number of para-hydroxylation sites is 1. The number of hydrogen-bond donors (Lipinski definition) is 2. The number of nitrogens with zero attached hydrogens (tertiary/aromatic N) is 1. The normalized spacial score (nSPS) is 16.8. The summed E-state index contributed by atoms with van der Waals surface area (Å²) in [6.07, 6.45) is 4.18. The minimum Gasteiger partial charge on any atom is -0.457 e. The fourth-order valence-corrected chi connectivity index (χ4v) is 4.50. The summed E-state index contributed by atoms with van der Waals surface area (Å²) in [5.74, 6) is 0.758. The molecule has 3 aromatic rings. The van der Waals surface area contributed by atoms with Crippen LogP contribution in [-0.4, -0.2) is 42.9 Å². The maximum atomic E-state index is 12.6. The lowest BCUT2D eigenvalue weighted by atomic mass is 10.1. The van der Waals surface area contributed by atoms with Gasteiger partial charge in [-0.1, -0.05) is 29.8 Å². The van der Waals surface area contributed by atoms with Crippen molar-refractivity contribution in [3.63, 3.8) is 0 Å². The fourth-order valence-electron chi connectivity index (χ4n) is 4.29. The Labute approximate surface area is 197 Å². The van der Waals surface area contributed by atoms with E-state index >= 15 is 0 Å². The summed E-state index contributed by atoms with van der Waals surface area (Å²) in [6.45, 7) is 3.67. The summed E-state index contributed by atoms with van der Waals surface area (Å²) in [7, 11) is 0. The zero-order valence-electron chi connectivity index (χ0n) is 18.1. The molecule has 0 bridgehead atoms. The smallest absolute Gasteiger partial charge is 0.256 e. The van der Waals surface area contributed by atoms with E-state index in [1.807, 2.05) is 24.3 Å². The predicted octanol–water partition coefficient (Wildman–Crippen LogP) is 4.92. The molecule has 2 N–H and O–H groups in total. The Hall–Kier alpha value is -3.35. The summed E-state index contributed by atoms with van der Waals surface area (Å²) in [5.41, 5.74) is 3.32. The van der Waals surface area contributed by atoms with E-state index in [1.54, 1.807) is 36.4 Å². The van der Waals surface area contributed by atoms with Crippen LogP contribution >= 0.6 is 11.6 Å². The zero-order valence-corrected chi connectivity index (χ0v) is 18.8. The van der Waals surface area contributed by atoms with E-state index in [4.69, 9.17) is 16.0 Å². The number of rotatable bonds is 6. The third-order valence-corrected chi connectivity index (χ3v) is 6.36. The summed E-state index contributed by atoms with van der Waals surface area (Å²) >= 11 is 6.42. The average Bonchev–Trinajstić information content (AvgIpc) is 3.56. The van der Waals surface area contributed by atoms with E-state index in [2.05, 4.69) is 15.5 Å². The lowest BCUT2D eigenvalue weighted by molar-refractivity contribution is -0.110. The first kappa shape index (κ1) is 21.5. The highest BCUT2D eigenvalue weighted by atomic mass is 35.5. The molecule has 0 saturated carbocycles. The van der Waals surface area contributed by atoms with E-state index in [0.717, 1.165) is 30.9 Å². The van der Waals surface area contributed by atoms with Gasteiger partial charge in [-0.25, -0.2) is 0 Å². The first-order valence-electron chi connectivity index (χ1n) is 11.1. The quantitative estimate of drug-likeness (QED) is 0.511. The Balaban J connectivity index is 1.33. The van der Waals surface area contributed by atoms with Crippen LogP contribution in [0.4, 0.5) is 5.69 Å². The minimum atomic E-state index is -0.167. The molecule has 2 aliphatic rings. The van der Waals surface area contributed by atoms with Gasteiger partial charge in [-0.2, -0.15) is 0 Å². The highest BCUT2D eigenvalue weighted by Crippen LogP contribution is 2.35. The number of benzene rings is 2. The molecule has 7 heteroatoms. The largest absolute Gasteiger partial charge is 0.457 e. The van der Waals surface area contributed by atoms with Crippen molar-refractivity contribution in [2.45, 2.75) is 12.8 Å². The monoisotopic (exact) mass is 461 g/mol. The second-order valence-corrected chi connectivity index (χ2v) is 8.67. The fraction of sp³-hybridized carbons (Fsp3) is 0.231. The number of hydrogen-bond acceptors (Lipinski definition) is 4. The van der Waals surface area contributed by atoms with Crippen molar-refractivity contribution in [1.29, 1.82) is 0 Å². The van der Waals surface area contributed by atoms with Gasteiger partial charge in [0.05, 0.1) is 10.6 Å². The zero-order chi connectivity index (χ0) is 22.8. The highest BCUT2D eigenvalue weighted by Gasteiger charge is 2.24. The second-order valence-electron chi connectivity index (χ2n) is 8.26. The van der Waals surface area contributed by atoms with Crippen molar-refractivity contribution in [3.8, 4) is 11.3 Å². The highest BCUT2D eigenvalue weighted by molar-refractivity contribution is 6.35. The minimum absolute atomic E-state index is 0.139. The molecule has 2 aromatic carbocycles. The molecule has 0 spiro atoms. The molecule has 0 radical (unpaired) electrons. The van der Waals surface area contributed by atoms with Gasteiger partial charge in [0.1, 0.15) is 11.5 Å². The van der Waals surface area contributed by atoms with E-state index in [0.29, 0.717) is 39.8 Å². The Kier molecular flexibility index (Phi) is 6.03. The molecule has 1 fully saturated rings. The summed E-state index contributed by atoms with van der Waals surface area (Å²) in [5, 5.41) is 6.32. The maximum absolute atomic E-state index is 12.6. The number of fused-ring (bicyclic) bond motifs is 1. The molecule has 6 nitrogen and oxygen atoms in total. The van der Waals surface area contributed by atoms with Gasteiger partial charge in [-0.15, -0.1) is 0 Å². The van der Waals surface area contributed by atoms with E-state index < -0.39 is 0 Å². The molecule has 1 saturated heterocycles. The molecule has 33 heavy (non-hydrogen) atoms. The Morgan fingerprint density at radius 2 is 1.91 bits per heavy atom. The van der Waals surface area contributed by atoms with Gasteiger partial charge in [0.2, 0.25) is 0 Å².